The van der Waals surface area contributed by atoms with E-state index in [0.717, 1.165) is 71.4 Å². The first-order chi connectivity index (χ1) is 35.1. The molecule has 1 N–H and O–H groups in total. The van der Waals surface area contributed by atoms with Crippen molar-refractivity contribution in [2.24, 2.45) is 7.05 Å². The molecule has 8 heterocycles. The second-order valence-electron chi connectivity index (χ2n) is 20.3. The van der Waals surface area contributed by atoms with Crippen molar-refractivity contribution in [3.8, 4) is 5.69 Å². The predicted molar refractivity (Wildman–Crippen MR) is 262 cm³/mol. The number of likely N-dealkylation sites (tertiary alicyclic amines) is 1. The Kier molecular flexibility index (Phi) is 12.5. The molecule has 17 nitrogen and oxygen atoms in total. The molecule has 5 aliphatic heterocycles. The van der Waals surface area contributed by atoms with Crippen LogP contribution in [0.5, 0.6) is 0 Å². The molecule has 4 fully saturated rings. The number of ether oxygens (including phenoxy) is 1. The van der Waals surface area contributed by atoms with Gasteiger partial charge in [0.1, 0.15) is 18.2 Å². The van der Waals surface area contributed by atoms with Gasteiger partial charge in [0.05, 0.1) is 30.0 Å². The minimum atomic E-state index is -4.71. The fourth-order valence-corrected chi connectivity index (χ4v) is 11.2. The lowest BCUT2D eigenvalue weighted by atomic mass is 9.75. The number of amides is 4. The van der Waals surface area contributed by atoms with Crippen LogP contribution in [0.4, 0.5) is 18.9 Å². The highest BCUT2D eigenvalue weighted by atomic mass is 19.4. The molecule has 3 aromatic carbocycles. The van der Waals surface area contributed by atoms with Crippen LogP contribution in [0.15, 0.2) is 96.3 Å². The molecule has 3 aromatic heterocycles. The molecule has 0 bridgehead atoms. The van der Waals surface area contributed by atoms with E-state index < -0.39 is 34.8 Å². The smallest absolute Gasteiger partial charge is 0.379 e. The number of nitrogens with zero attached hydrogens (tertiary/aromatic N) is 10. The number of fused-ring (bicyclic) bond motifs is 2. The number of hydrogen-bond acceptors (Lipinski definition) is 11. The van der Waals surface area contributed by atoms with Crippen molar-refractivity contribution < 1.29 is 37.1 Å². The summed E-state index contributed by atoms with van der Waals surface area (Å²) in [4.78, 5) is 75.2. The largest absolute Gasteiger partial charge is 0.418 e. The highest BCUT2D eigenvalue weighted by molar-refractivity contribution is 6.05. The Balaban J connectivity index is 0.681. The van der Waals surface area contributed by atoms with Gasteiger partial charge >= 0.3 is 11.9 Å². The second-order valence-corrected chi connectivity index (χ2v) is 20.3. The van der Waals surface area contributed by atoms with Crippen molar-refractivity contribution in [3.05, 3.63) is 147 Å². The summed E-state index contributed by atoms with van der Waals surface area (Å²) in [6.07, 6.45) is 2.06. The quantitative estimate of drug-likeness (QED) is 0.171. The van der Waals surface area contributed by atoms with Crippen molar-refractivity contribution >= 4 is 34.8 Å². The van der Waals surface area contributed by atoms with Gasteiger partial charge in [-0.1, -0.05) is 24.3 Å². The van der Waals surface area contributed by atoms with E-state index in [1.807, 2.05) is 66.2 Å². The molecule has 4 saturated heterocycles. The molecular formula is C53H56F3N11O6. The van der Waals surface area contributed by atoms with E-state index in [1.165, 1.54) is 17.0 Å². The van der Waals surface area contributed by atoms with Gasteiger partial charge in [-0.15, -0.1) is 10.2 Å². The average Bonchev–Trinajstić information content (AvgIpc) is 4.05. The summed E-state index contributed by atoms with van der Waals surface area (Å²) in [6, 6.07) is 21.3. The Labute approximate surface area is 418 Å². The maximum atomic E-state index is 14.7. The molecule has 5 aliphatic rings. The maximum Gasteiger partial charge on any atom is 0.418 e. The number of carbonyl (C=O) groups is 4. The van der Waals surface area contributed by atoms with Gasteiger partial charge in [0.15, 0.2) is 0 Å². The molecule has 6 aromatic rings. The lowest BCUT2D eigenvalue weighted by Gasteiger charge is -2.41. The standard InChI is InChI=1S/C53H56F3N11O6/c1-60-33-57-59-46(60)25-52(31-73-32-52)38-4-3-5-41(24-38)65-30-45-43(53(54,55)56)22-35(28-67(45)51(65)72)27-62-16-14-39(15-17-62)61(2)49(70)36-8-6-34(7-9-36)26-63-18-20-64(21-19-63)40-10-11-42-37(23-40)29-66(50(42)71)44-12-13-47(68)58-48(44)69/h3-11,22-24,28,30,33,39,44H,12-21,25-27,29,31-32H2,1-2H3,(H,58,68,69). The molecule has 11 rings (SSSR count). The van der Waals surface area contributed by atoms with Gasteiger partial charge in [-0.05, 0) is 90.0 Å². The molecule has 0 spiro atoms. The summed E-state index contributed by atoms with van der Waals surface area (Å²) in [5.41, 5.74) is 3.76. The fraction of sp³-hybridized carbons (Fsp3) is 0.415. The van der Waals surface area contributed by atoms with E-state index >= 15 is 0 Å². The van der Waals surface area contributed by atoms with Crippen LogP contribution in [0.25, 0.3) is 11.2 Å². The Morgan fingerprint density at radius 3 is 2.27 bits per heavy atom. The molecule has 20 heteroatoms. The van der Waals surface area contributed by atoms with Gasteiger partial charge in [-0.2, -0.15) is 13.2 Å². The number of halogens is 3. The first kappa shape index (κ1) is 48.1. The molecular weight excluding hydrogens is 944 g/mol. The average molecular weight is 1000 g/mol. The van der Waals surface area contributed by atoms with Crippen molar-refractivity contribution in [1.29, 1.82) is 0 Å². The van der Waals surface area contributed by atoms with Crippen molar-refractivity contribution in [2.45, 2.75) is 75.4 Å². The van der Waals surface area contributed by atoms with E-state index in [4.69, 9.17) is 4.74 Å². The molecule has 0 saturated carbocycles. The molecule has 1 unspecified atom stereocenters. The van der Waals surface area contributed by atoms with Crippen LogP contribution in [0, 0.1) is 0 Å². The predicted octanol–water partition coefficient (Wildman–Crippen LogP) is 4.57. The van der Waals surface area contributed by atoms with E-state index in [-0.39, 0.29) is 42.2 Å². The number of imidazole rings is 1. The third-order valence-electron chi connectivity index (χ3n) is 15.6. The van der Waals surface area contributed by atoms with E-state index in [1.54, 1.807) is 35.3 Å². The number of imide groups is 1. The zero-order chi connectivity index (χ0) is 50.8. The number of piperazine rings is 1. The number of piperidine rings is 2. The normalized spacial score (nSPS) is 19.8. The summed E-state index contributed by atoms with van der Waals surface area (Å²) in [5.74, 6) is -0.234. The van der Waals surface area contributed by atoms with Gasteiger partial charge in [-0.25, -0.2) is 4.79 Å². The minimum Gasteiger partial charge on any atom is -0.379 e. The molecule has 380 valence electrons. The number of aryl methyl sites for hydroxylation is 1. The van der Waals surface area contributed by atoms with E-state index in [9.17, 15) is 37.1 Å². The van der Waals surface area contributed by atoms with Crippen LogP contribution in [0.1, 0.15) is 80.0 Å². The SMILES string of the molecule is CN(C(=O)c1ccc(CN2CCN(c3ccc4c(c3)CN(C3CCC(=O)NC3=O)C4=O)CC2)cc1)C1CCN(Cc2cc(C(F)(F)F)c3cn(-c4cccc(C5(Cc6nncn6C)COC5)c4)c(=O)n3c2)CC1. The van der Waals surface area contributed by atoms with Gasteiger partial charge in [0.25, 0.3) is 11.8 Å². The van der Waals surface area contributed by atoms with Gasteiger partial charge in [0, 0.05) is 127 Å². The van der Waals surface area contributed by atoms with E-state index in [0.29, 0.717) is 80.9 Å². The fourth-order valence-electron chi connectivity index (χ4n) is 11.2. The number of hydrogen-bond donors (Lipinski definition) is 1. The zero-order valence-corrected chi connectivity index (χ0v) is 40.7. The number of nitrogens with one attached hydrogen (secondary N) is 1. The van der Waals surface area contributed by atoms with Crippen molar-refractivity contribution in [3.63, 3.8) is 0 Å². The number of pyridine rings is 1. The third kappa shape index (κ3) is 9.31. The van der Waals surface area contributed by atoms with Gasteiger partial charge < -0.3 is 24.0 Å². The second kappa shape index (κ2) is 19.0. The van der Waals surface area contributed by atoms with Crippen LogP contribution in [-0.4, -0.2) is 139 Å². The minimum absolute atomic E-state index is 0.0539. The zero-order valence-electron chi connectivity index (χ0n) is 40.7. The number of anilines is 1. The highest BCUT2D eigenvalue weighted by Gasteiger charge is 2.43. The summed E-state index contributed by atoms with van der Waals surface area (Å²) >= 11 is 0. The molecule has 4 amide bonds. The molecule has 0 aliphatic carbocycles. The van der Waals surface area contributed by atoms with E-state index in [2.05, 4.69) is 30.2 Å². The first-order valence-electron chi connectivity index (χ1n) is 24.8. The number of aromatic nitrogens is 5. The van der Waals surface area contributed by atoms with Crippen molar-refractivity contribution in [2.75, 3.05) is 64.4 Å². The summed E-state index contributed by atoms with van der Waals surface area (Å²) in [5, 5.41) is 10.6. The summed E-state index contributed by atoms with van der Waals surface area (Å²) < 4.78 is 54.0. The Morgan fingerprint density at radius 2 is 1.59 bits per heavy atom. The monoisotopic (exact) mass is 999 g/mol. The third-order valence-corrected chi connectivity index (χ3v) is 15.6. The number of alkyl halides is 3. The highest BCUT2D eigenvalue weighted by Crippen LogP contribution is 2.38. The van der Waals surface area contributed by atoms with Gasteiger partial charge in [0.2, 0.25) is 11.8 Å². The molecule has 73 heavy (non-hydrogen) atoms. The molecule has 0 radical (unpaired) electrons. The lowest BCUT2D eigenvalue weighted by molar-refractivity contribution is -0.137. The first-order valence-corrected chi connectivity index (χ1v) is 24.8. The topological polar surface area (TPSA) is 163 Å². The van der Waals surface area contributed by atoms with Gasteiger partial charge in [-0.3, -0.25) is 43.3 Å². The Morgan fingerprint density at radius 1 is 0.849 bits per heavy atom. The van der Waals surface area contributed by atoms with Crippen LogP contribution in [0.3, 0.4) is 0 Å². The number of benzene rings is 3. The van der Waals surface area contributed by atoms with Crippen LogP contribution >= 0.6 is 0 Å². The molecule has 1 atom stereocenters. The number of rotatable bonds is 12. The van der Waals surface area contributed by atoms with Crippen LogP contribution < -0.4 is 15.9 Å². The number of carbonyl (C=O) groups excluding carboxylic acids is 4. The summed E-state index contributed by atoms with van der Waals surface area (Å²) in [6.45, 7) is 6.50. The Hall–Kier alpha value is -7.16. The van der Waals surface area contributed by atoms with Crippen molar-refractivity contribution in [1.82, 2.24) is 48.6 Å². The van der Waals surface area contributed by atoms with Crippen LogP contribution in [0.2, 0.25) is 0 Å². The van der Waals surface area contributed by atoms with Crippen LogP contribution in [-0.2, 0) is 59.0 Å². The summed E-state index contributed by atoms with van der Waals surface area (Å²) in [7, 11) is 3.67. The maximum absolute atomic E-state index is 14.7. The lowest BCUT2D eigenvalue weighted by Crippen LogP contribution is -2.52. The Bertz CT molecular complexity index is 3180.